The van der Waals surface area contributed by atoms with Crippen LogP contribution in [0.25, 0.3) is 0 Å². The van der Waals surface area contributed by atoms with Gasteiger partial charge in [0.15, 0.2) is 0 Å². The van der Waals surface area contributed by atoms with Gasteiger partial charge in [-0.1, -0.05) is 13.8 Å². The lowest BCUT2D eigenvalue weighted by atomic mass is 10.2. The second-order valence-electron chi connectivity index (χ2n) is 4.54. The summed E-state index contributed by atoms with van der Waals surface area (Å²) in [4.78, 5) is 15.9. The highest BCUT2D eigenvalue weighted by Crippen LogP contribution is 2.05. The van der Waals surface area contributed by atoms with Gasteiger partial charge in [0.25, 0.3) is 0 Å². The standard InChI is InChI=1S/C12H22N4O/c1-5-16-7-6-13-12(16)15-10(4)11(17)14-8-9(2)3/h6-7,9-10H,5,8H2,1-4H3,(H,13,15)(H,14,17). The monoisotopic (exact) mass is 238 g/mol. The van der Waals surface area contributed by atoms with Crippen molar-refractivity contribution < 1.29 is 4.79 Å². The number of hydrogen-bond acceptors (Lipinski definition) is 3. The minimum atomic E-state index is -0.276. The van der Waals surface area contributed by atoms with E-state index in [0.717, 1.165) is 12.5 Å². The van der Waals surface area contributed by atoms with Crippen LogP contribution in [-0.2, 0) is 11.3 Å². The van der Waals surface area contributed by atoms with E-state index in [1.165, 1.54) is 0 Å². The number of aromatic nitrogens is 2. The van der Waals surface area contributed by atoms with Crippen LogP contribution in [0, 0.1) is 5.92 Å². The summed E-state index contributed by atoms with van der Waals surface area (Å²) in [5.74, 6) is 1.20. The number of nitrogens with one attached hydrogen (secondary N) is 2. The molecule has 1 aromatic rings. The summed E-state index contributed by atoms with van der Waals surface area (Å²) in [7, 11) is 0. The fourth-order valence-electron chi connectivity index (χ4n) is 1.42. The number of nitrogens with zero attached hydrogens (tertiary/aromatic N) is 2. The Morgan fingerprint density at radius 3 is 2.76 bits per heavy atom. The maximum absolute atomic E-state index is 11.8. The predicted octanol–water partition coefficient (Wildman–Crippen LogP) is 1.48. The van der Waals surface area contributed by atoms with E-state index in [4.69, 9.17) is 0 Å². The Bertz CT molecular complexity index is 359. The molecule has 1 aromatic heterocycles. The third kappa shape index (κ3) is 4.09. The number of rotatable bonds is 6. The molecule has 0 aromatic carbocycles. The topological polar surface area (TPSA) is 59.0 Å². The molecule has 0 fully saturated rings. The van der Waals surface area contributed by atoms with Crippen LogP contribution in [0.3, 0.4) is 0 Å². The fourth-order valence-corrected chi connectivity index (χ4v) is 1.42. The average Bonchev–Trinajstić information content (AvgIpc) is 2.72. The zero-order valence-corrected chi connectivity index (χ0v) is 11.0. The van der Waals surface area contributed by atoms with Crippen molar-refractivity contribution in [1.29, 1.82) is 0 Å². The van der Waals surface area contributed by atoms with Crippen LogP contribution < -0.4 is 10.6 Å². The number of hydrogen-bond donors (Lipinski definition) is 2. The summed E-state index contributed by atoms with van der Waals surface area (Å²) in [6, 6.07) is -0.276. The Labute approximate surface area is 103 Å². The Balaban J connectivity index is 2.48. The maximum atomic E-state index is 11.8. The lowest BCUT2D eigenvalue weighted by Crippen LogP contribution is -2.39. The lowest BCUT2D eigenvalue weighted by Gasteiger charge is -2.16. The van der Waals surface area contributed by atoms with Gasteiger partial charge in [0.1, 0.15) is 6.04 Å². The molecule has 0 bridgehead atoms. The van der Waals surface area contributed by atoms with Crippen molar-refractivity contribution in [1.82, 2.24) is 14.9 Å². The van der Waals surface area contributed by atoms with E-state index < -0.39 is 0 Å². The molecule has 2 N–H and O–H groups in total. The molecule has 1 unspecified atom stereocenters. The molecule has 0 radical (unpaired) electrons. The molecular weight excluding hydrogens is 216 g/mol. The molecule has 5 heteroatoms. The molecule has 0 saturated heterocycles. The van der Waals surface area contributed by atoms with Crippen molar-refractivity contribution in [3.63, 3.8) is 0 Å². The maximum Gasteiger partial charge on any atom is 0.242 e. The molecule has 96 valence electrons. The van der Waals surface area contributed by atoms with Gasteiger partial charge in [-0.2, -0.15) is 0 Å². The normalized spacial score (nSPS) is 12.5. The molecule has 1 amide bonds. The SMILES string of the molecule is CCn1ccnc1NC(C)C(=O)NCC(C)C. The third-order valence-corrected chi connectivity index (χ3v) is 2.48. The summed E-state index contributed by atoms with van der Waals surface area (Å²) in [5.41, 5.74) is 0. The highest BCUT2D eigenvalue weighted by atomic mass is 16.2. The molecule has 0 spiro atoms. The first-order valence-corrected chi connectivity index (χ1v) is 6.10. The average molecular weight is 238 g/mol. The number of carbonyl (C=O) groups is 1. The van der Waals surface area contributed by atoms with Crippen LogP contribution in [0.2, 0.25) is 0 Å². The van der Waals surface area contributed by atoms with Gasteiger partial charge in [0.2, 0.25) is 11.9 Å². The van der Waals surface area contributed by atoms with E-state index >= 15 is 0 Å². The summed E-state index contributed by atoms with van der Waals surface area (Å²) in [6.07, 6.45) is 3.62. The van der Waals surface area contributed by atoms with Crippen LogP contribution in [0.1, 0.15) is 27.7 Å². The summed E-state index contributed by atoms with van der Waals surface area (Å²) in [5, 5.41) is 6.00. The Morgan fingerprint density at radius 2 is 2.18 bits per heavy atom. The zero-order valence-electron chi connectivity index (χ0n) is 11.0. The van der Waals surface area contributed by atoms with Crippen molar-refractivity contribution in [3.05, 3.63) is 12.4 Å². The highest BCUT2D eigenvalue weighted by molar-refractivity contribution is 5.83. The van der Waals surface area contributed by atoms with Gasteiger partial charge >= 0.3 is 0 Å². The number of aryl methyl sites for hydroxylation is 1. The fraction of sp³-hybridized carbons (Fsp3) is 0.667. The minimum Gasteiger partial charge on any atom is -0.354 e. The quantitative estimate of drug-likeness (QED) is 0.789. The number of imidazole rings is 1. The second kappa shape index (κ2) is 6.27. The molecule has 0 aliphatic carbocycles. The molecule has 1 rings (SSSR count). The molecular formula is C12H22N4O. The van der Waals surface area contributed by atoms with Crippen LogP contribution in [0.15, 0.2) is 12.4 Å². The van der Waals surface area contributed by atoms with E-state index in [1.807, 2.05) is 24.6 Å². The third-order valence-electron chi connectivity index (χ3n) is 2.48. The molecule has 0 aliphatic heterocycles. The van der Waals surface area contributed by atoms with Gasteiger partial charge in [-0.15, -0.1) is 0 Å². The van der Waals surface area contributed by atoms with Gasteiger partial charge < -0.3 is 15.2 Å². The zero-order chi connectivity index (χ0) is 12.8. The first-order chi connectivity index (χ1) is 8.04. The van der Waals surface area contributed by atoms with Crippen LogP contribution in [0.4, 0.5) is 5.95 Å². The smallest absolute Gasteiger partial charge is 0.242 e. The van der Waals surface area contributed by atoms with Crippen molar-refractivity contribution >= 4 is 11.9 Å². The van der Waals surface area contributed by atoms with E-state index in [0.29, 0.717) is 12.5 Å². The van der Waals surface area contributed by atoms with E-state index in [2.05, 4.69) is 29.5 Å². The number of anilines is 1. The predicted molar refractivity (Wildman–Crippen MR) is 68.8 cm³/mol. The van der Waals surface area contributed by atoms with Crippen LogP contribution in [-0.4, -0.2) is 28.0 Å². The largest absolute Gasteiger partial charge is 0.354 e. The molecule has 1 atom stereocenters. The summed E-state index contributed by atoms with van der Waals surface area (Å²) in [6.45, 7) is 9.56. The Morgan fingerprint density at radius 1 is 1.47 bits per heavy atom. The molecule has 0 aliphatic rings. The summed E-state index contributed by atoms with van der Waals surface area (Å²) >= 11 is 0. The van der Waals surface area contributed by atoms with Crippen molar-refractivity contribution in [2.75, 3.05) is 11.9 Å². The summed E-state index contributed by atoms with van der Waals surface area (Å²) < 4.78 is 1.96. The van der Waals surface area contributed by atoms with Gasteiger partial charge in [-0.25, -0.2) is 4.98 Å². The highest BCUT2D eigenvalue weighted by Gasteiger charge is 2.14. The van der Waals surface area contributed by atoms with Crippen LogP contribution >= 0.6 is 0 Å². The van der Waals surface area contributed by atoms with E-state index in [1.54, 1.807) is 6.20 Å². The van der Waals surface area contributed by atoms with Gasteiger partial charge in [0, 0.05) is 25.5 Å². The second-order valence-corrected chi connectivity index (χ2v) is 4.54. The molecule has 0 saturated carbocycles. The van der Waals surface area contributed by atoms with E-state index in [-0.39, 0.29) is 11.9 Å². The first-order valence-electron chi connectivity index (χ1n) is 6.10. The molecule has 17 heavy (non-hydrogen) atoms. The van der Waals surface area contributed by atoms with Gasteiger partial charge in [-0.3, -0.25) is 4.79 Å². The molecule has 1 heterocycles. The van der Waals surface area contributed by atoms with E-state index in [9.17, 15) is 4.79 Å². The van der Waals surface area contributed by atoms with Crippen molar-refractivity contribution in [2.24, 2.45) is 5.92 Å². The number of amides is 1. The minimum absolute atomic E-state index is 0.00403. The number of carbonyl (C=O) groups excluding carboxylic acids is 1. The molecule has 5 nitrogen and oxygen atoms in total. The Kier molecular flexibility index (Phi) is 5.00. The van der Waals surface area contributed by atoms with Gasteiger partial charge in [0.05, 0.1) is 0 Å². The first kappa shape index (κ1) is 13.5. The lowest BCUT2D eigenvalue weighted by molar-refractivity contribution is -0.121. The van der Waals surface area contributed by atoms with Crippen molar-refractivity contribution in [3.8, 4) is 0 Å². The Hall–Kier alpha value is -1.52. The van der Waals surface area contributed by atoms with Crippen LogP contribution in [0.5, 0.6) is 0 Å². The van der Waals surface area contributed by atoms with Gasteiger partial charge in [-0.05, 0) is 19.8 Å². The van der Waals surface area contributed by atoms with Crippen molar-refractivity contribution in [2.45, 2.75) is 40.3 Å².